The van der Waals surface area contributed by atoms with Gasteiger partial charge in [0.15, 0.2) is 0 Å². The van der Waals surface area contributed by atoms with Crippen LogP contribution in [0.15, 0.2) is 16.7 Å². The van der Waals surface area contributed by atoms with Crippen LogP contribution in [0, 0.1) is 0 Å². The highest BCUT2D eigenvalue weighted by molar-refractivity contribution is 5.87. The lowest BCUT2D eigenvalue weighted by Gasteiger charge is -2.11. The summed E-state index contributed by atoms with van der Waals surface area (Å²) in [5.41, 5.74) is 0.209. The van der Waals surface area contributed by atoms with Crippen LogP contribution in [0.3, 0.4) is 0 Å². The zero-order valence-corrected chi connectivity index (χ0v) is 9.27. The molecular weight excluding hydrogens is 208 g/mol. The van der Waals surface area contributed by atoms with Crippen molar-refractivity contribution in [3.05, 3.63) is 23.7 Å². The molecule has 16 heavy (non-hydrogen) atoms. The second kappa shape index (κ2) is 4.67. The van der Waals surface area contributed by atoms with Crippen molar-refractivity contribution in [3.63, 3.8) is 0 Å². The first-order valence-corrected chi connectivity index (χ1v) is 5.38. The van der Waals surface area contributed by atoms with Gasteiger partial charge < -0.3 is 19.7 Å². The molecule has 1 aliphatic heterocycles. The van der Waals surface area contributed by atoms with Gasteiger partial charge >= 0.3 is 5.97 Å². The van der Waals surface area contributed by atoms with E-state index < -0.39 is 5.97 Å². The minimum Gasteiger partial charge on any atom is -0.478 e. The van der Waals surface area contributed by atoms with E-state index in [0.717, 1.165) is 19.5 Å². The number of nitrogens with one attached hydrogen (secondary N) is 1. The summed E-state index contributed by atoms with van der Waals surface area (Å²) in [4.78, 5) is 12.9. The largest absolute Gasteiger partial charge is 0.478 e. The molecule has 1 unspecified atom stereocenters. The summed E-state index contributed by atoms with van der Waals surface area (Å²) >= 11 is 0. The molecule has 1 aromatic heterocycles. The number of nitrogens with zero attached hydrogens (tertiary/aromatic N) is 1. The van der Waals surface area contributed by atoms with Gasteiger partial charge in [-0.05, 0) is 26.1 Å². The molecule has 1 aromatic rings. The molecular formula is C11H16N2O3. The van der Waals surface area contributed by atoms with Crippen LogP contribution in [-0.2, 0) is 6.54 Å². The number of carboxylic acids is 1. The van der Waals surface area contributed by atoms with Gasteiger partial charge in [0.25, 0.3) is 0 Å². The zero-order chi connectivity index (χ0) is 11.5. The molecule has 2 heterocycles. The lowest BCUT2D eigenvalue weighted by Crippen LogP contribution is -2.30. The summed E-state index contributed by atoms with van der Waals surface area (Å²) in [5.74, 6) is -0.275. The Morgan fingerprint density at radius 3 is 3.12 bits per heavy atom. The molecule has 0 saturated carbocycles. The third-order valence-corrected chi connectivity index (χ3v) is 2.86. The Kier molecular flexibility index (Phi) is 3.26. The molecule has 0 radical (unpaired) electrons. The number of carbonyl (C=O) groups is 1. The zero-order valence-electron chi connectivity index (χ0n) is 9.27. The van der Waals surface area contributed by atoms with Gasteiger partial charge in [-0.1, -0.05) is 0 Å². The normalized spacial score (nSPS) is 21.4. The Hall–Kier alpha value is -1.33. The number of hydrogen-bond donors (Lipinski definition) is 2. The Labute approximate surface area is 94.0 Å². The molecule has 1 aliphatic rings. The Morgan fingerprint density at radius 1 is 1.75 bits per heavy atom. The molecule has 5 heteroatoms. The number of rotatable bonds is 4. The SMILES string of the molecule is CN1CCC(NCc2cc(C(=O)O)co2)C1. The van der Waals surface area contributed by atoms with E-state index >= 15 is 0 Å². The van der Waals surface area contributed by atoms with Crippen LogP contribution in [0.1, 0.15) is 22.5 Å². The van der Waals surface area contributed by atoms with Crippen molar-refractivity contribution in [1.82, 2.24) is 10.2 Å². The average molecular weight is 224 g/mol. The van der Waals surface area contributed by atoms with Gasteiger partial charge in [-0.2, -0.15) is 0 Å². The lowest BCUT2D eigenvalue weighted by molar-refractivity contribution is 0.0696. The predicted octanol–water partition coefficient (Wildman–Crippen LogP) is 0.771. The second-order valence-electron chi connectivity index (χ2n) is 4.24. The quantitative estimate of drug-likeness (QED) is 0.791. The van der Waals surface area contributed by atoms with Crippen molar-refractivity contribution >= 4 is 5.97 Å². The summed E-state index contributed by atoms with van der Waals surface area (Å²) in [5, 5.41) is 12.1. The van der Waals surface area contributed by atoms with Crippen LogP contribution in [0.4, 0.5) is 0 Å². The first kappa shape index (κ1) is 11.2. The van der Waals surface area contributed by atoms with Crippen LogP contribution in [-0.4, -0.2) is 42.2 Å². The smallest absolute Gasteiger partial charge is 0.338 e. The van der Waals surface area contributed by atoms with E-state index in [1.54, 1.807) is 6.07 Å². The molecule has 2 N–H and O–H groups in total. The maximum atomic E-state index is 10.6. The first-order chi connectivity index (χ1) is 7.65. The summed E-state index contributed by atoms with van der Waals surface area (Å²) in [7, 11) is 2.09. The highest BCUT2D eigenvalue weighted by Gasteiger charge is 2.19. The first-order valence-electron chi connectivity index (χ1n) is 5.38. The van der Waals surface area contributed by atoms with Gasteiger partial charge in [0, 0.05) is 12.6 Å². The van der Waals surface area contributed by atoms with E-state index in [2.05, 4.69) is 17.3 Å². The van der Waals surface area contributed by atoms with Crippen molar-refractivity contribution in [2.75, 3.05) is 20.1 Å². The monoisotopic (exact) mass is 224 g/mol. The number of aromatic carboxylic acids is 1. The number of likely N-dealkylation sites (tertiary alicyclic amines) is 1. The molecule has 88 valence electrons. The highest BCUT2D eigenvalue weighted by atomic mass is 16.4. The van der Waals surface area contributed by atoms with Gasteiger partial charge in [-0.15, -0.1) is 0 Å². The fourth-order valence-corrected chi connectivity index (χ4v) is 1.93. The van der Waals surface area contributed by atoms with Gasteiger partial charge in [-0.25, -0.2) is 4.79 Å². The maximum absolute atomic E-state index is 10.6. The Morgan fingerprint density at radius 2 is 2.56 bits per heavy atom. The van der Waals surface area contributed by atoms with E-state index in [0.29, 0.717) is 18.3 Å². The maximum Gasteiger partial charge on any atom is 0.338 e. The third-order valence-electron chi connectivity index (χ3n) is 2.86. The van der Waals surface area contributed by atoms with Crippen LogP contribution < -0.4 is 5.32 Å². The van der Waals surface area contributed by atoms with Crippen LogP contribution >= 0.6 is 0 Å². The molecule has 0 bridgehead atoms. The summed E-state index contributed by atoms with van der Waals surface area (Å²) in [6, 6.07) is 2.04. The molecule has 5 nitrogen and oxygen atoms in total. The van der Waals surface area contributed by atoms with E-state index in [1.165, 1.54) is 6.26 Å². The standard InChI is InChI=1S/C11H16N2O3/c1-13-3-2-9(6-13)12-5-10-4-8(7-16-10)11(14)15/h4,7,9,12H,2-3,5-6H2,1H3,(H,14,15). The second-order valence-corrected chi connectivity index (χ2v) is 4.24. The van der Waals surface area contributed by atoms with Crippen LogP contribution in [0.5, 0.6) is 0 Å². The summed E-state index contributed by atoms with van der Waals surface area (Å²) < 4.78 is 5.16. The van der Waals surface area contributed by atoms with Crippen molar-refractivity contribution in [2.24, 2.45) is 0 Å². The minimum absolute atomic E-state index is 0.209. The van der Waals surface area contributed by atoms with Crippen LogP contribution in [0.2, 0.25) is 0 Å². The van der Waals surface area contributed by atoms with Crippen molar-refractivity contribution in [3.8, 4) is 0 Å². The average Bonchev–Trinajstić information content (AvgIpc) is 2.83. The van der Waals surface area contributed by atoms with E-state index in [1.807, 2.05) is 0 Å². The molecule has 0 amide bonds. The number of hydrogen-bond acceptors (Lipinski definition) is 4. The minimum atomic E-state index is -0.949. The topological polar surface area (TPSA) is 65.7 Å². The summed E-state index contributed by atoms with van der Waals surface area (Å²) in [6.07, 6.45) is 2.41. The molecule has 0 spiro atoms. The molecule has 1 fully saturated rings. The highest BCUT2D eigenvalue weighted by Crippen LogP contribution is 2.10. The molecule has 2 rings (SSSR count). The lowest BCUT2D eigenvalue weighted by atomic mass is 10.2. The predicted molar refractivity (Wildman–Crippen MR) is 58.4 cm³/mol. The Balaban J connectivity index is 1.83. The van der Waals surface area contributed by atoms with Gasteiger partial charge in [-0.3, -0.25) is 0 Å². The van der Waals surface area contributed by atoms with Crippen LogP contribution in [0.25, 0.3) is 0 Å². The third kappa shape index (κ3) is 2.62. The van der Waals surface area contributed by atoms with E-state index in [-0.39, 0.29) is 5.56 Å². The van der Waals surface area contributed by atoms with Crippen molar-refractivity contribution in [2.45, 2.75) is 19.0 Å². The van der Waals surface area contributed by atoms with Gasteiger partial charge in [0.1, 0.15) is 12.0 Å². The number of likely N-dealkylation sites (N-methyl/N-ethyl adjacent to an activating group) is 1. The molecule has 1 atom stereocenters. The fourth-order valence-electron chi connectivity index (χ4n) is 1.93. The van der Waals surface area contributed by atoms with Crippen molar-refractivity contribution < 1.29 is 14.3 Å². The molecule has 0 aromatic carbocycles. The molecule has 0 aliphatic carbocycles. The van der Waals surface area contributed by atoms with E-state index in [9.17, 15) is 4.79 Å². The van der Waals surface area contributed by atoms with Crippen molar-refractivity contribution in [1.29, 1.82) is 0 Å². The Bertz CT molecular complexity index is 375. The summed E-state index contributed by atoms with van der Waals surface area (Å²) in [6.45, 7) is 2.73. The van der Waals surface area contributed by atoms with Gasteiger partial charge in [0.05, 0.1) is 12.1 Å². The molecule has 1 saturated heterocycles. The fraction of sp³-hybridized carbons (Fsp3) is 0.545. The van der Waals surface area contributed by atoms with Gasteiger partial charge in [0.2, 0.25) is 0 Å². The number of furan rings is 1. The van der Waals surface area contributed by atoms with E-state index in [4.69, 9.17) is 9.52 Å². The number of carboxylic acid groups (broad SMARTS) is 1.